The summed E-state index contributed by atoms with van der Waals surface area (Å²) in [6.45, 7) is 4.79. The molecule has 0 aliphatic rings. The third-order valence-electron chi connectivity index (χ3n) is 2.31. The minimum Gasteiger partial charge on any atom is -0.417 e. The van der Waals surface area contributed by atoms with Crippen LogP contribution in [0.25, 0.3) is 0 Å². The summed E-state index contributed by atoms with van der Waals surface area (Å²) < 4.78 is 11.5. The lowest BCUT2D eigenvalue weighted by atomic mass is 10.3. The van der Waals surface area contributed by atoms with E-state index in [0.29, 0.717) is 23.4 Å². The van der Waals surface area contributed by atoms with Gasteiger partial charge in [-0.15, -0.1) is 0 Å². The molecule has 0 atom stereocenters. The van der Waals surface area contributed by atoms with E-state index in [0.717, 1.165) is 10.2 Å². The normalized spacial score (nSPS) is 11.0. The fraction of sp³-hybridized carbons (Fsp3) is 0.308. The number of rotatable bonds is 5. The van der Waals surface area contributed by atoms with Gasteiger partial charge >= 0.3 is 6.08 Å². The molecule has 102 valence electrons. The molecule has 0 amide bonds. The summed E-state index contributed by atoms with van der Waals surface area (Å²) in [5.41, 5.74) is 0.800. The topological polar surface area (TPSA) is 47.3 Å². The molecule has 2 rings (SSSR count). The zero-order valence-electron chi connectivity index (χ0n) is 10.6. The van der Waals surface area contributed by atoms with Gasteiger partial charge in [-0.05, 0) is 34.1 Å². The summed E-state index contributed by atoms with van der Waals surface area (Å²) in [5.74, 6) is 0.606. The smallest absolute Gasteiger partial charge is 0.399 e. The second kappa shape index (κ2) is 6.41. The highest BCUT2D eigenvalue weighted by molar-refractivity contribution is 9.10. The van der Waals surface area contributed by atoms with Gasteiger partial charge in [-0.2, -0.15) is 4.98 Å². The van der Waals surface area contributed by atoms with Gasteiger partial charge in [0.05, 0.1) is 10.2 Å². The van der Waals surface area contributed by atoms with E-state index in [1.54, 1.807) is 24.5 Å². The lowest BCUT2D eigenvalue weighted by molar-refractivity contribution is 0.329. The van der Waals surface area contributed by atoms with Crippen LogP contribution in [0.15, 0.2) is 33.4 Å². The predicted molar refractivity (Wildman–Crippen MR) is 77.7 cm³/mol. The van der Waals surface area contributed by atoms with Gasteiger partial charge in [0.2, 0.25) is 0 Å². The van der Waals surface area contributed by atoms with Crippen LogP contribution < -0.4 is 10.1 Å². The Balaban J connectivity index is 2.03. The number of hydrogen-bond donors (Lipinski definition) is 1. The first-order valence-corrected chi connectivity index (χ1v) is 7.02. The molecule has 4 nitrogen and oxygen atoms in total. The number of nitrogens with zero attached hydrogens (tertiary/aromatic N) is 1. The van der Waals surface area contributed by atoms with E-state index in [9.17, 15) is 0 Å². The third-order valence-corrected chi connectivity index (χ3v) is 3.17. The molecule has 0 saturated heterocycles. The van der Waals surface area contributed by atoms with Crippen LogP contribution in [0.4, 0.5) is 0 Å². The monoisotopic (exact) mass is 344 g/mol. The minimum atomic E-state index is 0.212. The highest BCUT2D eigenvalue weighted by atomic mass is 79.9. The number of nitrogens with one attached hydrogen (secondary N) is 1. The van der Waals surface area contributed by atoms with Crippen molar-refractivity contribution in [2.45, 2.75) is 26.4 Å². The molecule has 1 aromatic carbocycles. The van der Waals surface area contributed by atoms with Crippen LogP contribution in [0.2, 0.25) is 5.02 Å². The van der Waals surface area contributed by atoms with Crippen molar-refractivity contribution in [3.8, 4) is 11.8 Å². The summed E-state index contributed by atoms with van der Waals surface area (Å²) >= 11 is 9.23. The van der Waals surface area contributed by atoms with Gasteiger partial charge in [-0.25, -0.2) is 0 Å². The zero-order valence-corrected chi connectivity index (χ0v) is 13.0. The van der Waals surface area contributed by atoms with Gasteiger partial charge in [-0.1, -0.05) is 25.4 Å². The quantitative estimate of drug-likeness (QED) is 0.873. The van der Waals surface area contributed by atoms with Crippen LogP contribution in [0.1, 0.15) is 19.5 Å². The molecule has 0 spiro atoms. The molecule has 0 saturated carbocycles. The summed E-state index contributed by atoms with van der Waals surface area (Å²) in [6, 6.07) is 5.64. The Bertz CT molecular complexity index is 557. The average Bonchev–Trinajstić information content (AvgIpc) is 2.78. The van der Waals surface area contributed by atoms with Crippen molar-refractivity contribution in [1.29, 1.82) is 0 Å². The van der Waals surface area contributed by atoms with E-state index < -0.39 is 0 Å². The van der Waals surface area contributed by atoms with Crippen molar-refractivity contribution < 1.29 is 9.15 Å². The summed E-state index contributed by atoms with van der Waals surface area (Å²) in [6.07, 6.45) is 1.79. The minimum absolute atomic E-state index is 0.212. The molecular formula is C13H14BrClN2O2. The number of oxazole rings is 1. The second-order valence-electron chi connectivity index (χ2n) is 4.32. The van der Waals surface area contributed by atoms with Gasteiger partial charge in [0.15, 0.2) is 0 Å². The Hall–Kier alpha value is -1.04. The average molecular weight is 346 g/mol. The van der Waals surface area contributed by atoms with Crippen molar-refractivity contribution in [3.05, 3.63) is 39.7 Å². The maximum Gasteiger partial charge on any atom is 0.399 e. The van der Waals surface area contributed by atoms with Crippen molar-refractivity contribution in [1.82, 2.24) is 10.3 Å². The lowest BCUT2D eigenvalue weighted by Gasteiger charge is -2.04. The van der Waals surface area contributed by atoms with Crippen LogP contribution in [0, 0.1) is 0 Å². The maximum absolute atomic E-state index is 5.86. The number of hydrogen-bond acceptors (Lipinski definition) is 4. The van der Waals surface area contributed by atoms with Crippen molar-refractivity contribution in [2.24, 2.45) is 0 Å². The molecule has 0 aliphatic heterocycles. The SMILES string of the molecule is CC(C)NCc1coc(Oc2ccc(Cl)cc2Br)n1. The second-order valence-corrected chi connectivity index (χ2v) is 5.61. The van der Waals surface area contributed by atoms with Gasteiger partial charge in [0.25, 0.3) is 0 Å². The standard InChI is InChI=1S/C13H14BrClN2O2/c1-8(2)16-6-10-7-18-13(17-10)19-12-4-3-9(15)5-11(12)14/h3-5,7-8,16H,6H2,1-2H3. The summed E-state index contributed by atoms with van der Waals surface area (Å²) in [7, 11) is 0. The number of aromatic nitrogens is 1. The fourth-order valence-electron chi connectivity index (χ4n) is 1.38. The molecule has 0 fully saturated rings. The van der Waals surface area contributed by atoms with Crippen LogP contribution in [0.3, 0.4) is 0 Å². The maximum atomic E-state index is 5.86. The third kappa shape index (κ3) is 4.23. The summed E-state index contributed by atoms with van der Waals surface area (Å²) in [4.78, 5) is 4.24. The van der Waals surface area contributed by atoms with Crippen LogP contribution >= 0.6 is 27.5 Å². The molecule has 1 aromatic heterocycles. The number of halogens is 2. The van der Waals surface area contributed by atoms with Crippen molar-refractivity contribution in [2.75, 3.05) is 0 Å². The Kier molecular flexibility index (Phi) is 4.85. The Morgan fingerprint density at radius 3 is 2.95 bits per heavy atom. The highest BCUT2D eigenvalue weighted by Crippen LogP contribution is 2.31. The molecule has 0 unspecified atom stereocenters. The molecule has 6 heteroatoms. The molecule has 19 heavy (non-hydrogen) atoms. The molecule has 2 aromatic rings. The van der Waals surface area contributed by atoms with E-state index in [1.807, 2.05) is 0 Å². The largest absolute Gasteiger partial charge is 0.417 e. The summed E-state index contributed by atoms with van der Waals surface area (Å²) in [5, 5.41) is 3.89. The van der Waals surface area contributed by atoms with Crippen LogP contribution in [0.5, 0.6) is 11.8 Å². The van der Waals surface area contributed by atoms with E-state index >= 15 is 0 Å². The van der Waals surface area contributed by atoms with Gasteiger partial charge in [-0.3, -0.25) is 0 Å². The van der Waals surface area contributed by atoms with Crippen LogP contribution in [-0.2, 0) is 6.54 Å². The Labute approximate surface area is 125 Å². The molecule has 1 heterocycles. The van der Waals surface area contributed by atoms with E-state index in [-0.39, 0.29) is 6.08 Å². The van der Waals surface area contributed by atoms with Gasteiger partial charge in [0.1, 0.15) is 12.0 Å². The first-order chi connectivity index (χ1) is 9.04. The molecular weight excluding hydrogens is 332 g/mol. The Morgan fingerprint density at radius 1 is 1.47 bits per heavy atom. The van der Waals surface area contributed by atoms with Crippen molar-refractivity contribution in [3.63, 3.8) is 0 Å². The molecule has 0 aliphatic carbocycles. The van der Waals surface area contributed by atoms with E-state index in [1.165, 1.54) is 0 Å². The predicted octanol–water partition coefficient (Wildman–Crippen LogP) is 4.38. The highest BCUT2D eigenvalue weighted by Gasteiger charge is 2.09. The molecule has 0 radical (unpaired) electrons. The van der Waals surface area contributed by atoms with Gasteiger partial charge < -0.3 is 14.5 Å². The van der Waals surface area contributed by atoms with Gasteiger partial charge in [0, 0.05) is 17.6 Å². The van der Waals surface area contributed by atoms with Crippen molar-refractivity contribution >= 4 is 27.5 Å². The number of benzene rings is 1. The molecule has 1 N–H and O–H groups in total. The van der Waals surface area contributed by atoms with E-state index in [2.05, 4.69) is 40.1 Å². The lowest BCUT2D eigenvalue weighted by Crippen LogP contribution is -2.21. The zero-order chi connectivity index (χ0) is 13.8. The first kappa shape index (κ1) is 14.4. The molecule has 0 bridgehead atoms. The fourth-order valence-corrected chi connectivity index (χ4v) is 2.14. The number of ether oxygens (including phenoxy) is 1. The van der Waals surface area contributed by atoms with Crippen LogP contribution in [-0.4, -0.2) is 11.0 Å². The first-order valence-electron chi connectivity index (χ1n) is 5.85. The van der Waals surface area contributed by atoms with E-state index in [4.69, 9.17) is 20.8 Å². The Morgan fingerprint density at radius 2 is 2.26 bits per heavy atom.